The van der Waals surface area contributed by atoms with E-state index in [1.165, 1.54) is 56.9 Å². The van der Waals surface area contributed by atoms with Gasteiger partial charge in [-0.3, -0.25) is 0 Å². The lowest BCUT2D eigenvalue weighted by Gasteiger charge is -2.70. The third-order valence-corrected chi connectivity index (χ3v) is 13.5. The highest BCUT2D eigenvalue weighted by molar-refractivity contribution is 7.18. The first-order chi connectivity index (χ1) is 15.2. The summed E-state index contributed by atoms with van der Waals surface area (Å²) in [6.07, 6.45) is 13.9. The first kappa shape index (κ1) is 26.2. The van der Waals surface area contributed by atoms with Crippen molar-refractivity contribution in [2.24, 2.45) is 63.6 Å². The standard InChI is InChI=1S/C32H57P/c1-20(2)12-11-16-32(10,33)25-14-13-24-27(25)21(3)18-26-30(8)17-15-23(5)29(6,7)28(30)22(4)19-31(24,26)9/h12,21-28H,11,13-19,33H2,1-10H3. The molecule has 0 aromatic heterocycles. The van der Waals surface area contributed by atoms with E-state index in [4.69, 9.17) is 0 Å². The van der Waals surface area contributed by atoms with Crippen molar-refractivity contribution in [1.29, 1.82) is 0 Å². The molecule has 0 aliphatic heterocycles. The van der Waals surface area contributed by atoms with Gasteiger partial charge in [0.05, 0.1) is 0 Å². The summed E-state index contributed by atoms with van der Waals surface area (Å²) in [6.45, 7) is 25.8. The molecule has 0 amide bonds. The summed E-state index contributed by atoms with van der Waals surface area (Å²) < 4.78 is 0. The van der Waals surface area contributed by atoms with E-state index in [2.05, 4.69) is 84.6 Å². The predicted octanol–water partition coefficient (Wildman–Crippen LogP) is 9.79. The Balaban J connectivity index is 1.64. The third kappa shape index (κ3) is 4.04. The molecule has 4 saturated carbocycles. The minimum atomic E-state index is 0.387. The Hall–Kier alpha value is 0.170. The van der Waals surface area contributed by atoms with Gasteiger partial charge in [0, 0.05) is 0 Å². The summed E-state index contributed by atoms with van der Waals surface area (Å²) in [7, 11) is 3.38. The average molecular weight is 473 g/mol. The number of allylic oxidation sites excluding steroid dienone is 2. The van der Waals surface area contributed by atoms with Crippen LogP contribution in [0.1, 0.15) is 121 Å². The molecule has 12 atom stereocenters. The molecule has 0 N–H and O–H groups in total. The van der Waals surface area contributed by atoms with Crippen LogP contribution in [0, 0.1) is 63.6 Å². The van der Waals surface area contributed by atoms with Gasteiger partial charge >= 0.3 is 0 Å². The van der Waals surface area contributed by atoms with Crippen molar-refractivity contribution in [1.82, 2.24) is 0 Å². The van der Waals surface area contributed by atoms with Gasteiger partial charge in [-0.2, -0.15) is 0 Å². The van der Waals surface area contributed by atoms with Gasteiger partial charge in [0.1, 0.15) is 0 Å². The van der Waals surface area contributed by atoms with Crippen LogP contribution in [0.25, 0.3) is 0 Å². The topological polar surface area (TPSA) is 0 Å². The zero-order chi connectivity index (χ0) is 24.6. The van der Waals surface area contributed by atoms with Crippen molar-refractivity contribution >= 4 is 9.24 Å². The predicted molar refractivity (Wildman–Crippen MR) is 149 cm³/mol. The van der Waals surface area contributed by atoms with Crippen LogP contribution in [0.5, 0.6) is 0 Å². The van der Waals surface area contributed by atoms with Crippen molar-refractivity contribution in [3.8, 4) is 0 Å². The normalized spacial score (nSPS) is 50.5. The second-order valence-electron chi connectivity index (χ2n) is 15.4. The lowest BCUT2D eigenvalue weighted by Crippen LogP contribution is -2.63. The van der Waals surface area contributed by atoms with Crippen molar-refractivity contribution in [3.63, 3.8) is 0 Å². The molecule has 0 heterocycles. The maximum Gasteiger partial charge on any atom is -0.0144 e. The van der Waals surface area contributed by atoms with E-state index in [-0.39, 0.29) is 0 Å². The lowest BCUT2D eigenvalue weighted by molar-refractivity contribution is -0.215. The molecule has 0 aromatic rings. The molecule has 12 unspecified atom stereocenters. The van der Waals surface area contributed by atoms with Crippen LogP contribution in [-0.2, 0) is 0 Å². The van der Waals surface area contributed by atoms with E-state index in [0.717, 1.165) is 47.3 Å². The van der Waals surface area contributed by atoms with E-state index >= 15 is 0 Å². The Morgan fingerprint density at radius 2 is 1.64 bits per heavy atom. The minimum Gasteiger partial charge on any atom is -0.131 e. The molecule has 4 fully saturated rings. The van der Waals surface area contributed by atoms with Crippen LogP contribution in [0.2, 0.25) is 0 Å². The van der Waals surface area contributed by atoms with Gasteiger partial charge in [-0.25, -0.2) is 0 Å². The number of hydrogen-bond donors (Lipinski definition) is 0. The van der Waals surface area contributed by atoms with Gasteiger partial charge < -0.3 is 0 Å². The van der Waals surface area contributed by atoms with Crippen molar-refractivity contribution in [2.75, 3.05) is 0 Å². The summed E-state index contributed by atoms with van der Waals surface area (Å²) in [5.74, 6) is 7.20. The van der Waals surface area contributed by atoms with Crippen LogP contribution in [0.3, 0.4) is 0 Å². The molecule has 4 aliphatic carbocycles. The molecule has 0 bridgehead atoms. The van der Waals surface area contributed by atoms with Crippen molar-refractivity contribution < 1.29 is 0 Å². The third-order valence-electron chi connectivity index (χ3n) is 12.7. The van der Waals surface area contributed by atoms with Gasteiger partial charge in [0.15, 0.2) is 0 Å². The molecule has 0 nitrogen and oxygen atoms in total. The van der Waals surface area contributed by atoms with Crippen molar-refractivity contribution in [3.05, 3.63) is 11.6 Å². The molecule has 0 saturated heterocycles. The van der Waals surface area contributed by atoms with E-state index in [0.29, 0.717) is 21.4 Å². The highest BCUT2D eigenvalue weighted by Gasteiger charge is 2.67. The molecule has 190 valence electrons. The van der Waals surface area contributed by atoms with Crippen LogP contribution < -0.4 is 0 Å². The zero-order valence-electron chi connectivity index (χ0n) is 23.9. The monoisotopic (exact) mass is 472 g/mol. The highest BCUT2D eigenvalue weighted by Crippen LogP contribution is 2.74. The maximum atomic E-state index is 3.38. The van der Waals surface area contributed by atoms with Gasteiger partial charge in [0.25, 0.3) is 0 Å². The summed E-state index contributed by atoms with van der Waals surface area (Å²) in [6, 6.07) is 0. The quantitative estimate of drug-likeness (QED) is 0.282. The van der Waals surface area contributed by atoms with Crippen LogP contribution in [-0.4, -0.2) is 5.16 Å². The molecule has 0 aromatic carbocycles. The van der Waals surface area contributed by atoms with Crippen LogP contribution in [0.15, 0.2) is 11.6 Å². The second kappa shape index (κ2) is 8.63. The fourth-order valence-electron chi connectivity index (χ4n) is 11.4. The Kier molecular flexibility index (Phi) is 6.86. The summed E-state index contributed by atoms with van der Waals surface area (Å²) >= 11 is 0. The zero-order valence-corrected chi connectivity index (χ0v) is 25.1. The first-order valence-electron chi connectivity index (χ1n) is 14.6. The van der Waals surface area contributed by atoms with Gasteiger partial charge in [0.2, 0.25) is 0 Å². The van der Waals surface area contributed by atoms with E-state index in [9.17, 15) is 0 Å². The molecular weight excluding hydrogens is 415 g/mol. The second-order valence-corrected chi connectivity index (χ2v) is 16.7. The number of fused-ring (bicyclic) bond motifs is 5. The molecule has 4 aliphatic rings. The van der Waals surface area contributed by atoms with Crippen molar-refractivity contribution in [2.45, 2.75) is 126 Å². The Morgan fingerprint density at radius 1 is 0.970 bits per heavy atom. The lowest BCUT2D eigenvalue weighted by atomic mass is 9.35. The molecule has 4 rings (SSSR count). The maximum absolute atomic E-state index is 3.38. The minimum absolute atomic E-state index is 0.387. The van der Waals surface area contributed by atoms with E-state index in [1.54, 1.807) is 0 Å². The Labute approximate surface area is 210 Å². The number of rotatable bonds is 4. The molecule has 0 radical (unpaired) electrons. The summed E-state index contributed by atoms with van der Waals surface area (Å²) in [5.41, 5.74) is 3.04. The molecular formula is C32H57P. The molecule has 33 heavy (non-hydrogen) atoms. The van der Waals surface area contributed by atoms with E-state index < -0.39 is 0 Å². The SMILES string of the molecule is CC(C)=CCCC(C)(P)C1CCC2C1C(C)CC1C2(C)CC(C)C2C(C)(C)C(C)CCC21C. The Morgan fingerprint density at radius 3 is 2.27 bits per heavy atom. The molecule has 0 spiro atoms. The first-order valence-corrected chi connectivity index (χ1v) is 15.2. The summed E-state index contributed by atoms with van der Waals surface area (Å²) in [5, 5.41) is 0.387. The highest BCUT2D eigenvalue weighted by atomic mass is 31.0. The average Bonchev–Trinajstić information content (AvgIpc) is 3.14. The fraction of sp³-hybridized carbons (Fsp3) is 0.938. The van der Waals surface area contributed by atoms with Crippen LogP contribution >= 0.6 is 9.24 Å². The van der Waals surface area contributed by atoms with E-state index in [1.807, 2.05) is 0 Å². The summed E-state index contributed by atoms with van der Waals surface area (Å²) in [4.78, 5) is 0. The molecule has 1 heteroatoms. The van der Waals surface area contributed by atoms with Gasteiger partial charge in [-0.15, -0.1) is 9.24 Å². The van der Waals surface area contributed by atoms with Crippen LogP contribution in [0.4, 0.5) is 0 Å². The smallest absolute Gasteiger partial charge is 0.0144 e. The van der Waals surface area contributed by atoms with Gasteiger partial charge in [-0.05, 0) is 134 Å². The largest absolute Gasteiger partial charge is 0.131 e. The Bertz CT molecular complexity index is 756. The number of hydrogen-bond acceptors (Lipinski definition) is 0. The van der Waals surface area contributed by atoms with Gasteiger partial charge in [-0.1, -0.05) is 67.0 Å². The fourth-order valence-corrected chi connectivity index (χ4v) is 11.9.